The molecule has 1 atom stereocenters. The molecule has 2 amide bonds. The fraction of sp³-hybridized carbons (Fsp3) is 0.238. The van der Waals surface area contributed by atoms with Crippen molar-refractivity contribution in [1.82, 2.24) is 25.4 Å². The van der Waals surface area contributed by atoms with Crippen molar-refractivity contribution >= 4 is 11.8 Å². The first kappa shape index (κ1) is 19.3. The minimum absolute atomic E-state index is 0.229. The van der Waals surface area contributed by atoms with E-state index in [0.717, 1.165) is 16.7 Å². The summed E-state index contributed by atoms with van der Waals surface area (Å²) in [5.74, 6) is -0.489. The molecule has 144 valence electrons. The summed E-state index contributed by atoms with van der Waals surface area (Å²) in [5, 5.41) is 9.65. The molecule has 0 saturated heterocycles. The molecular weight excluding hydrogens is 354 g/mol. The Balaban J connectivity index is 1.48. The molecule has 0 saturated carbocycles. The first-order chi connectivity index (χ1) is 13.5. The normalized spacial score (nSPS) is 11.6. The Morgan fingerprint density at radius 2 is 1.86 bits per heavy atom. The van der Waals surface area contributed by atoms with E-state index in [1.165, 1.54) is 6.33 Å². The number of aromatic nitrogens is 3. The van der Waals surface area contributed by atoms with Crippen LogP contribution in [0.3, 0.4) is 0 Å². The highest BCUT2D eigenvalue weighted by atomic mass is 16.2. The molecule has 1 unspecified atom stereocenters. The molecule has 3 aromatic rings. The number of carbonyl (C=O) groups is 2. The number of nitrogens with one attached hydrogen (secondary N) is 2. The lowest BCUT2D eigenvalue weighted by molar-refractivity contribution is -0.122. The van der Waals surface area contributed by atoms with E-state index in [1.807, 2.05) is 43.3 Å². The first-order valence-corrected chi connectivity index (χ1v) is 9.07. The van der Waals surface area contributed by atoms with Gasteiger partial charge in [-0.2, -0.15) is 5.10 Å². The summed E-state index contributed by atoms with van der Waals surface area (Å²) in [7, 11) is 0. The van der Waals surface area contributed by atoms with Crippen LogP contribution in [-0.2, 0) is 17.9 Å². The molecule has 2 N–H and O–H groups in total. The topological polar surface area (TPSA) is 88.9 Å². The van der Waals surface area contributed by atoms with Crippen molar-refractivity contribution in [2.75, 3.05) is 0 Å². The zero-order valence-corrected chi connectivity index (χ0v) is 15.9. The van der Waals surface area contributed by atoms with Gasteiger partial charge in [0.05, 0.1) is 6.54 Å². The zero-order chi connectivity index (χ0) is 19.9. The Morgan fingerprint density at radius 3 is 2.54 bits per heavy atom. The summed E-state index contributed by atoms with van der Waals surface area (Å²) in [5.41, 5.74) is 3.62. The van der Waals surface area contributed by atoms with Gasteiger partial charge in [-0.15, -0.1) is 0 Å². The number of hydrogen-bond acceptors (Lipinski definition) is 4. The summed E-state index contributed by atoms with van der Waals surface area (Å²) in [4.78, 5) is 28.5. The smallest absolute Gasteiger partial charge is 0.251 e. The monoisotopic (exact) mass is 377 g/mol. The standard InChI is InChI=1S/C21H23N5O2/c1-15-4-3-5-19(10-15)21(28)25-16(2)20(27)23-11-17-6-8-18(9-7-17)12-26-14-22-13-24-26/h3-10,13-14,16H,11-12H2,1-2H3,(H,23,27)(H,25,28). The number of nitrogens with zero attached hydrogens (tertiary/aromatic N) is 3. The molecule has 3 rings (SSSR count). The molecule has 1 heterocycles. The maximum Gasteiger partial charge on any atom is 0.251 e. The molecule has 7 nitrogen and oxygen atoms in total. The van der Waals surface area contributed by atoms with Gasteiger partial charge in [-0.25, -0.2) is 9.67 Å². The van der Waals surface area contributed by atoms with Gasteiger partial charge in [0.15, 0.2) is 0 Å². The number of carbonyl (C=O) groups excluding carboxylic acids is 2. The average Bonchev–Trinajstić information content (AvgIpc) is 3.20. The van der Waals surface area contributed by atoms with Gasteiger partial charge in [0.1, 0.15) is 18.7 Å². The summed E-state index contributed by atoms with van der Waals surface area (Å²) in [6.45, 7) is 4.64. The third-order valence-electron chi connectivity index (χ3n) is 4.32. The van der Waals surface area contributed by atoms with E-state index in [2.05, 4.69) is 20.7 Å². The average molecular weight is 377 g/mol. The van der Waals surface area contributed by atoms with Gasteiger partial charge in [0.25, 0.3) is 5.91 Å². The highest BCUT2D eigenvalue weighted by molar-refractivity contribution is 5.97. The van der Waals surface area contributed by atoms with Gasteiger partial charge in [0.2, 0.25) is 5.91 Å². The predicted molar refractivity (Wildman–Crippen MR) is 106 cm³/mol. The zero-order valence-electron chi connectivity index (χ0n) is 15.9. The SMILES string of the molecule is Cc1cccc(C(=O)NC(C)C(=O)NCc2ccc(Cn3cncn3)cc2)c1. The van der Waals surface area contributed by atoms with Crippen LogP contribution in [-0.4, -0.2) is 32.6 Å². The molecule has 0 fully saturated rings. The lowest BCUT2D eigenvalue weighted by atomic mass is 10.1. The first-order valence-electron chi connectivity index (χ1n) is 9.07. The maximum absolute atomic E-state index is 12.3. The predicted octanol–water partition coefficient (Wildman–Crippen LogP) is 2.07. The molecule has 0 radical (unpaired) electrons. The summed E-state index contributed by atoms with van der Waals surface area (Å²) in [6.07, 6.45) is 3.17. The molecule has 0 spiro atoms. The van der Waals surface area contributed by atoms with E-state index >= 15 is 0 Å². The van der Waals surface area contributed by atoms with Crippen LogP contribution < -0.4 is 10.6 Å². The lowest BCUT2D eigenvalue weighted by Crippen LogP contribution is -2.44. The van der Waals surface area contributed by atoms with Crippen molar-refractivity contribution in [3.8, 4) is 0 Å². The third kappa shape index (κ3) is 5.26. The third-order valence-corrected chi connectivity index (χ3v) is 4.32. The van der Waals surface area contributed by atoms with Gasteiger partial charge in [0, 0.05) is 12.1 Å². The van der Waals surface area contributed by atoms with Gasteiger partial charge >= 0.3 is 0 Å². The van der Waals surface area contributed by atoms with E-state index in [4.69, 9.17) is 0 Å². The van der Waals surface area contributed by atoms with Crippen molar-refractivity contribution in [3.63, 3.8) is 0 Å². The van der Waals surface area contributed by atoms with E-state index in [1.54, 1.807) is 30.1 Å². The molecule has 28 heavy (non-hydrogen) atoms. The summed E-state index contributed by atoms with van der Waals surface area (Å²) < 4.78 is 1.75. The van der Waals surface area contributed by atoms with Crippen molar-refractivity contribution in [2.24, 2.45) is 0 Å². The number of amides is 2. The molecule has 2 aromatic carbocycles. The van der Waals surface area contributed by atoms with Gasteiger partial charge in [-0.3, -0.25) is 9.59 Å². The second-order valence-corrected chi connectivity index (χ2v) is 6.69. The van der Waals surface area contributed by atoms with Crippen LogP contribution in [0.2, 0.25) is 0 Å². The fourth-order valence-electron chi connectivity index (χ4n) is 2.74. The Morgan fingerprint density at radius 1 is 1.11 bits per heavy atom. The lowest BCUT2D eigenvalue weighted by Gasteiger charge is -2.14. The second-order valence-electron chi connectivity index (χ2n) is 6.69. The van der Waals surface area contributed by atoms with Crippen LogP contribution in [0.5, 0.6) is 0 Å². The number of aryl methyl sites for hydroxylation is 1. The highest BCUT2D eigenvalue weighted by Crippen LogP contribution is 2.07. The van der Waals surface area contributed by atoms with Crippen molar-refractivity contribution in [1.29, 1.82) is 0 Å². The van der Waals surface area contributed by atoms with Crippen LogP contribution in [0.15, 0.2) is 61.2 Å². The van der Waals surface area contributed by atoms with Gasteiger partial charge < -0.3 is 10.6 Å². The summed E-state index contributed by atoms with van der Waals surface area (Å²) in [6, 6.07) is 14.5. The number of benzene rings is 2. The van der Waals surface area contributed by atoms with E-state index in [-0.39, 0.29) is 11.8 Å². The molecule has 0 bridgehead atoms. The Kier molecular flexibility index (Phi) is 6.16. The van der Waals surface area contributed by atoms with Crippen LogP contribution in [0.1, 0.15) is 34.0 Å². The Hall–Kier alpha value is -3.48. The summed E-state index contributed by atoms with van der Waals surface area (Å²) >= 11 is 0. The Bertz CT molecular complexity index is 936. The molecule has 0 aliphatic rings. The second kappa shape index (κ2) is 8.94. The van der Waals surface area contributed by atoms with E-state index in [0.29, 0.717) is 18.7 Å². The van der Waals surface area contributed by atoms with Crippen molar-refractivity contribution < 1.29 is 9.59 Å². The fourth-order valence-corrected chi connectivity index (χ4v) is 2.74. The highest BCUT2D eigenvalue weighted by Gasteiger charge is 2.16. The minimum atomic E-state index is -0.625. The molecule has 0 aliphatic carbocycles. The minimum Gasteiger partial charge on any atom is -0.350 e. The molecular formula is C21H23N5O2. The van der Waals surface area contributed by atoms with E-state index in [9.17, 15) is 9.59 Å². The Labute approximate surface area is 163 Å². The van der Waals surface area contributed by atoms with Crippen molar-refractivity contribution in [2.45, 2.75) is 33.0 Å². The van der Waals surface area contributed by atoms with Crippen LogP contribution in [0.4, 0.5) is 0 Å². The van der Waals surface area contributed by atoms with Gasteiger partial charge in [-0.05, 0) is 37.1 Å². The van der Waals surface area contributed by atoms with Gasteiger partial charge in [-0.1, -0.05) is 42.0 Å². The number of rotatable bonds is 7. The molecule has 7 heteroatoms. The number of hydrogen-bond donors (Lipinski definition) is 2. The van der Waals surface area contributed by atoms with Crippen LogP contribution >= 0.6 is 0 Å². The largest absolute Gasteiger partial charge is 0.350 e. The van der Waals surface area contributed by atoms with Crippen molar-refractivity contribution in [3.05, 3.63) is 83.4 Å². The maximum atomic E-state index is 12.3. The van der Waals surface area contributed by atoms with E-state index < -0.39 is 6.04 Å². The van der Waals surface area contributed by atoms with Crippen LogP contribution in [0.25, 0.3) is 0 Å². The molecule has 1 aromatic heterocycles. The quantitative estimate of drug-likeness (QED) is 0.660. The molecule has 0 aliphatic heterocycles. The van der Waals surface area contributed by atoms with Crippen LogP contribution in [0, 0.1) is 6.92 Å².